The van der Waals surface area contributed by atoms with Crippen molar-refractivity contribution in [2.45, 2.75) is 32.9 Å². The third-order valence-electron chi connectivity index (χ3n) is 2.79. The third kappa shape index (κ3) is 4.79. The quantitative estimate of drug-likeness (QED) is 0.785. The Morgan fingerprint density at radius 2 is 2.16 bits per heavy atom. The molecule has 1 aromatic carbocycles. The van der Waals surface area contributed by atoms with Gasteiger partial charge in [0.25, 0.3) is 5.91 Å². The second-order valence-corrected chi connectivity index (χ2v) is 4.31. The highest BCUT2D eigenvalue weighted by atomic mass is 16.5. The average Bonchev–Trinajstić information content (AvgIpc) is 2.44. The van der Waals surface area contributed by atoms with Crippen LogP contribution in [0.15, 0.2) is 18.2 Å². The van der Waals surface area contributed by atoms with Gasteiger partial charge in [-0.1, -0.05) is 13.0 Å². The van der Waals surface area contributed by atoms with Gasteiger partial charge in [0.15, 0.2) is 18.1 Å². The van der Waals surface area contributed by atoms with Crippen LogP contribution in [0.4, 0.5) is 0 Å². The van der Waals surface area contributed by atoms with Crippen LogP contribution < -0.4 is 14.8 Å². The summed E-state index contributed by atoms with van der Waals surface area (Å²) in [5.74, 6) is 0.824. The number of methoxy groups -OCH3 is 1. The number of amides is 1. The maximum Gasteiger partial charge on any atom is 0.258 e. The molecule has 1 atom stereocenters. The van der Waals surface area contributed by atoms with E-state index in [1.807, 2.05) is 13.8 Å². The van der Waals surface area contributed by atoms with Gasteiger partial charge in [0.2, 0.25) is 0 Å². The molecule has 1 unspecified atom stereocenters. The Morgan fingerprint density at radius 3 is 2.74 bits per heavy atom. The molecule has 106 valence electrons. The van der Waals surface area contributed by atoms with Gasteiger partial charge in [-0.05, 0) is 31.0 Å². The first kappa shape index (κ1) is 15.3. The van der Waals surface area contributed by atoms with Crippen molar-refractivity contribution >= 4 is 5.91 Å². The lowest BCUT2D eigenvalue weighted by atomic mass is 10.2. The second kappa shape index (κ2) is 7.63. The van der Waals surface area contributed by atoms with Crippen molar-refractivity contribution in [1.82, 2.24) is 5.32 Å². The number of hydrogen-bond donors (Lipinski definition) is 2. The molecule has 0 aromatic heterocycles. The summed E-state index contributed by atoms with van der Waals surface area (Å²) in [5, 5.41) is 11.8. The molecular formula is C14H21NO4. The zero-order valence-electron chi connectivity index (χ0n) is 11.6. The number of carbonyl (C=O) groups is 1. The standard InChI is InChI=1S/C14H21NO4/c1-4-10(2)15-14(17)9-19-12-6-5-11(8-16)7-13(12)18-3/h5-7,10,16H,4,8-9H2,1-3H3,(H,15,17). The Labute approximate surface area is 113 Å². The Morgan fingerprint density at radius 1 is 1.42 bits per heavy atom. The van der Waals surface area contributed by atoms with E-state index < -0.39 is 0 Å². The molecule has 0 fully saturated rings. The van der Waals surface area contributed by atoms with Gasteiger partial charge in [-0.15, -0.1) is 0 Å². The summed E-state index contributed by atoms with van der Waals surface area (Å²) >= 11 is 0. The smallest absolute Gasteiger partial charge is 0.258 e. The van der Waals surface area contributed by atoms with Gasteiger partial charge in [-0.2, -0.15) is 0 Å². The lowest BCUT2D eigenvalue weighted by molar-refractivity contribution is -0.123. The van der Waals surface area contributed by atoms with Crippen LogP contribution >= 0.6 is 0 Å². The molecule has 5 heteroatoms. The van der Waals surface area contributed by atoms with Crippen LogP contribution in [-0.4, -0.2) is 30.8 Å². The summed E-state index contributed by atoms with van der Waals surface area (Å²) in [7, 11) is 1.52. The van der Waals surface area contributed by atoms with Crippen LogP contribution in [-0.2, 0) is 11.4 Å². The fourth-order valence-corrected chi connectivity index (χ4v) is 1.49. The van der Waals surface area contributed by atoms with Crippen molar-refractivity contribution in [2.75, 3.05) is 13.7 Å². The van der Waals surface area contributed by atoms with Gasteiger partial charge < -0.3 is 19.9 Å². The monoisotopic (exact) mass is 267 g/mol. The van der Waals surface area contributed by atoms with E-state index in [1.165, 1.54) is 7.11 Å². The minimum absolute atomic E-state index is 0.0564. The Balaban J connectivity index is 2.59. The number of ether oxygens (including phenoxy) is 2. The topological polar surface area (TPSA) is 67.8 Å². The lowest BCUT2D eigenvalue weighted by Crippen LogP contribution is -2.35. The van der Waals surface area contributed by atoms with Crippen LogP contribution in [0.25, 0.3) is 0 Å². The van der Waals surface area contributed by atoms with Gasteiger partial charge >= 0.3 is 0 Å². The van der Waals surface area contributed by atoms with E-state index in [1.54, 1.807) is 18.2 Å². The van der Waals surface area contributed by atoms with Crippen LogP contribution in [0, 0.1) is 0 Å². The molecule has 0 radical (unpaired) electrons. The van der Waals surface area contributed by atoms with Crippen LogP contribution in [0.3, 0.4) is 0 Å². The number of rotatable bonds is 7. The van der Waals surface area contributed by atoms with Gasteiger partial charge in [0.05, 0.1) is 13.7 Å². The Hall–Kier alpha value is -1.75. The average molecular weight is 267 g/mol. The second-order valence-electron chi connectivity index (χ2n) is 4.31. The molecule has 1 rings (SSSR count). The predicted octanol–water partition coefficient (Wildman–Crippen LogP) is 1.48. The Bertz CT molecular complexity index is 420. The first-order valence-electron chi connectivity index (χ1n) is 6.30. The largest absolute Gasteiger partial charge is 0.493 e. The number of nitrogens with one attached hydrogen (secondary N) is 1. The van der Waals surface area contributed by atoms with Crippen molar-refractivity contribution in [1.29, 1.82) is 0 Å². The van der Waals surface area contributed by atoms with Crippen LogP contribution in [0.5, 0.6) is 11.5 Å². The minimum Gasteiger partial charge on any atom is -0.493 e. The maximum absolute atomic E-state index is 11.6. The Kier molecular flexibility index (Phi) is 6.15. The summed E-state index contributed by atoms with van der Waals surface area (Å²) in [5.41, 5.74) is 0.730. The van der Waals surface area contributed by atoms with Crippen molar-refractivity contribution in [3.63, 3.8) is 0 Å². The predicted molar refractivity (Wildman–Crippen MR) is 72.3 cm³/mol. The summed E-state index contributed by atoms with van der Waals surface area (Å²) in [6, 6.07) is 5.22. The van der Waals surface area contributed by atoms with Crippen molar-refractivity contribution in [2.24, 2.45) is 0 Å². The van der Waals surface area contributed by atoms with E-state index in [-0.39, 0.29) is 25.2 Å². The van der Waals surface area contributed by atoms with Gasteiger partial charge in [-0.25, -0.2) is 0 Å². The molecule has 0 saturated carbocycles. The zero-order valence-corrected chi connectivity index (χ0v) is 11.6. The maximum atomic E-state index is 11.6. The minimum atomic E-state index is -0.164. The molecule has 5 nitrogen and oxygen atoms in total. The molecule has 1 amide bonds. The molecule has 0 saturated heterocycles. The van der Waals surface area contributed by atoms with E-state index in [4.69, 9.17) is 14.6 Å². The highest BCUT2D eigenvalue weighted by Crippen LogP contribution is 2.27. The normalized spacial score (nSPS) is 11.8. The van der Waals surface area contributed by atoms with E-state index >= 15 is 0 Å². The molecule has 0 heterocycles. The molecule has 0 bridgehead atoms. The molecule has 0 aliphatic heterocycles. The summed E-state index contributed by atoms with van der Waals surface area (Å²) in [4.78, 5) is 11.6. The summed E-state index contributed by atoms with van der Waals surface area (Å²) < 4.78 is 10.6. The fraction of sp³-hybridized carbons (Fsp3) is 0.500. The molecule has 1 aromatic rings. The third-order valence-corrected chi connectivity index (χ3v) is 2.79. The van der Waals surface area contributed by atoms with Gasteiger partial charge in [-0.3, -0.25) is 4.79 Å². The molecule has 0 aliphatic rings. The molecule has 2 N–H and O–H groups in total. The van der Waals surface area contributed by atoms with Gasteiger partial charge in [0.1, 0.15) is 0 Å². The molecule has 0 aliphatic carbocycles. The van der Waals surface area contributed by atoms with E-state index in [9.17, 15) is 4.79 Å². The highest BCUT2D eigenvalue weighted by Gasteiger charge is 2.09. The van der Waals surface area contributed by atoms with Crippen molar-refractivity contribution in [3.05, 3.63) is 23.8 Å². The summed E-state index contributed by atoms with van der Waals surface area (Å²) in [6.07, 6.45) is 0.875. The van der Waals surface area contributed by atoms with Crippen molar-refractivity contribution in [3.8, 4) is 11.5 Å². The summed E-state index contributed by atoms with van der Waals surface area (Å²) in [6.45, 7) is 3.82. The fourth-order valence-electron chi connectivity index (χ4n) is 1.49. The van der Waals surface area contributed by atoms with E-state index in [2.05, 4.69) is 5.32 Å². The number of carbonyl (C=O) groups excluding carboxylic acids is 1. The molecule has 19 heavy (non-hydrogen) atoms. The van der Waals surface area contributed by atoms with Gasteiger partial charge in [0, 0.05) is 6.04 Å². The number of aliphatic hydroxyl groups is 1. The SMILES string of the molecule is CCC(C)NC(=O)COc1ccc(CO)cc1OC. The lowest BCUT2D eigenvalue weighted by Gasteiger charge is -2.14. The number of hydrogen-bond acceptors (Lipinski definition) is 4. The van der Waals surface area contributed by atoms with Crippen molar-refractivity contribution < 1.29 is 19.4 Å². The van der Waals surface area contributed by atoms with Crippen LogP contribution in [0.1, 0.15) is 25.8 Å². The van der Waals surface area contributed by atoms with Crippen LogP contribution in [0.2, 0.25) is 0 Å². The molecule has 0 spiro atoms. The van der Waals surface area contributed by atoms with E-state index in [0.29, 0.717) is 11.5 Å². The van der Waals surface area contributed by atoms with E-state index in [0.717, 1.165) is 12.0 Å². The highest BCUT2D eigenvalue weighted by molar-refractivity contribution is 5.77. The first-order valence-corrected chi connectivity index (χ1v) is 6.30. The molecular weight excluding hydrogens is 246 g/mol. The zero-order chi connectivity index (χ0) is 14.3. The first-order chi connectivity index (χ1) is 9.10. The number of benzene rings is 1. The number of aliphatic hydroxyl groups excluding tert-OH is 1.